The molecule has 1 aliphatic carbocycles. The number of aromatic nitrogens is 2. The quantitative estimate of drug-likeness (QED) is 0.846. The first-order chi connectivity index (χ1) is 11.7. The smallest absolute Gasteiger partial charge is 0.223 e. The molecule has 2 heterocycles. The zero-order chi connectivity index (χ0) is 16.9. The molecule has 1 aliphatic rings. The summed E-state index contributed by atoms with van der Waals surface area (Å²) in [7, 11) is 1.83. The Morgan fingerprint density at radius 3 is 3.00 bits per heavy atom. The molecule has 2 aromatic heterocycles. The molecule has 130 valence electrons. The highest BCUT2D eigenvalue weighted by molar-refractivity contribution is 7.09. The van der Waals surface area contributed by atoms with Gasteiger partial charge < -0.3 is 14.6 Å². The first-order valence-corrected chi connectivity index (χ1v) is 9.48. The van der Waals surface area contributed by atoms with Crippen LogP contribution >= 0.6 is 11.3 Å². The Kier molecular flexibility index (Phi) is 5.68. The third kappa shape index (κ3) is 3.87. The van der Waals surface area contributed by atoms with Crippen LogP contribution in [0.25, 0.3) is 0 Å². The van der Waals surface area contributed by atoms with Crippen molar-refractivity contribution >= 4 is 17.2 Å². The summed E-state index contributed by atoms with van der Waals surface area (Å²) in [6, 6.07) is 3.94. The van der Waals surface area contributed by atoms with Crippen molar-refractivity contribution in [2.45, 2.75) is 56.7 Å². The van der Waals surface area contributed by atoms with Crippen LogP contribution in [0.2, 0.25) is 0 Å². The molecule has 1 amide bonds. The minimum absolute atomic E-state index is 0.00690. The molecule has 5 nitrogen and oxygen atoms in total. The molecule has 24 heavy (non-hydrogen) atoms. The maximum atomic E-state index is 12.6. The first-order valence-electron chi connectivity index (χ1n) is 8.60. The summed E-state index contributed by atoms with van der Waals surface area (Å²) in [6.07, 6.45) is 9.98. The molecular formula is C18H25N3O2S. The molecule has 3 rings (SSSR count). The minimum Gasteiger partial charge on any atom is -0.389 e. The fourth-order valence-corrected chi connectivity index (χ4v) is 4.27. The molecular weight excluding hydrogens is 322 g/mol. The lowest BCUT2D eigenvalue weighted by molar-refractivity contribution is -0.135. The fourth-order valence-electron chi connectivity index (χ4n) is 3.56. The third-order valence-electron chi connectivity index (χ3n) is 5.00. The van der Waals surface area contributed by atoms with Gasteiger partial charge in [0.2, 0.25) is 5.91 Å². The number of carbonyl (C=O) groups excluding carboxylic acids is 1. The predicted molar refractivity (Wildman–Crippen MR) is 94.9 cm³/mol. The van der Waals surface area contributed by atoms with Gasteiger partial charge in [0.15, 0.2) is 0 Å². The van der Waals surface area contributed by atoms with Crippen molar-refractivity contribution in [3.8, 4) is 0 Å². The van der Waals surface area contributed by atoms with Gasteiger partial charge >= 0.3 is 0 Å². The van der Waals surface area contributed by atoms with E-state index >= 15 is 0 Å². The van der Waals surface area contributed by atoms with Crippen LogP contribution in [0.15, 0.2) is 36.2 Å². The Balaban J connectivity index is 1.65. The number of carbonyl (C=O) groups is 1. The third-order valence-corrected chi connectivity index (χ3v) is 5.94. The summed E-state index contributed by atoms with van der Waals surface area (Å²) in [5.41, 5.74) is 0. The number of thiophene rings is 1. The Morgan fingerprint density at radius 1 is 1.46 bits per heavy atom. The van der Waals surface area contributed by atoms with Crippen LogP contribution in [0.3, 0.4) is 0 Å². The lowest BCUT2D eigenvalue weighted by Gasteiger charge is -2.34. The van der Waals surface area contributed by atoms with Crippen molar-refractivity contribution in [2.24, 2.45) is 0 Å². The average Bonchev–Trinajstić information content (AvgIpc) is 3.26. The van der Waals surface area contributed by atoms with Crippen molar-refractivity contribution in [3.63, 3.8) is 0 Å². The highest BCUT2D eigenvalue weighted by Crippen LogP contribution is 2.30. The van der Waals surface area contributed by atoms with E-state index in [2.05, 4.69) is 11.1 Å². The van der Waals surface area contributed by atoms with Gasteiger partial charge in [-0.15, -0.1) is 11.3 Å². The van der Waals surface area contributed by atoms with Gasteiger partial charge in [-0.2, -0.15) is 0 Å². The van der Waals surface area contributed by atoms with Crippen LogP contribution in [0, 0.1) is 0 Å². The van der Waals surface area contributed by atoms with E-state index in [1.54, 1.807) is 28.8 Å². The highest BCUT2D eigenvalue weighted by Gasteiger charge is 2.34. The summed E-state index contributed by atoms with van der Waals surface area (Å²) >= 11 is 1.68. The molecule has 2 aromatic rings. The van der Waals surface area contributed by atoms with Gasteiger partial charge in [0.05, 0.1) is 24.5 Å². The van der Waals surface area contributed by atoms with Gasteiger partial charge in [-0.25, -0.2) is 4.98 Å². The standard InChI is InChI=1S/C18H25N3O2S/c1-20(17(22)9-8-14-5-4-12-24-14)15-6-2-3-7-16(18(15)23)21-11-10-19-13-21/h4-5,10-13,15-16,18,23H,2-3,6-9H2,1H3/t15-,16-,18-/m1/s1. The second kappa shape index (κ2) is 7.94. The summed E-state index contributed by atoms with van der Waals surface area (Å²) < 4.78 is 1.98. The van der Waals surface area contributed by atoms with E-state index in [0.29, 0.717) is 6.42 Å². The Bertz CT molecular complexity index is 627. The molecule has 0 spiro atoms. The summed E-state index contributed by atoms with van der Waals surface area (Å²) in [5.74, 6) is 0.110. The monoisotopic (exact) mass is 347 g/mol. The molecule has 1 saturated carbocycles. The maximum absolute atomic E-state index is 12.6. The van der Waals surface area contributed by atoms with E-state index in [4.69, 9.17) is 0 Å². The Morgan fingerprint density at radius 2 is 2.29 bits per heavy atom. The number of amides is 1. The molecule has 1 N–H and O–H groups in total. The number of imidazole rings is 1. The topological polar surface area (TPSA) is 58.4 Å². The van der Waals surface area contributed by atoms with E-state index in [1.807, 2.05) is 29.3 Å². The second-order valence-electron chi connectivity index (χ2n) is 6.50. The zero-order valence-corrected chi connectivity index (χ0v) is 14.9. The van der Waals surface area contributed by atoms with Crippen molar-refractivity contribution in [1.29, 1.82) is 0 Å². The number of rotatable bonds is 5. The van der Waals surface area contributed by atoms with Crippen molar-refractivity contribution in [2.75, 3.05) is 7.05 Å². The van der Waals surface area contributed by atoms with Gasteiger partial charge in [0, 0.05) is 30.7 Å². The molecule has 1 fully saturated rings. The number of aryl methyl sites for hydroxylation is 1. The predicted octanol–water partition coefficient (Wildman–Crippen LogP) is 2.88. The molecule has 6 heteroatoms. The van der Waals surface area contributed by atoms with Crippen LogP contribution in [0.1, 0.15) is 43.0 Å². The van der Waals surface area contributed by atoms with E-state index < -0.39 is 6.10 Å². The number of hydrogen-bond acceptors (Lipinski definition) is 4. The minimum atomic E-state index is -0.558. The van der Waals surface area contributed by atoms with E-state index in [-0.39, 0.29) is 18.0 Å². The van der Waals surface area contributed by atoms with Gasteiger partial charge in [-0.05, 0) is 30.7 Å². The molecule has 0 bridgehead atoms. The second-order valence-corrected chi connectivity index (χ2v) is 7.54. The normalized spacial score (nSPS) is 24.5. The number of aliphatic hydroxyl groups is 1. The number of aliphatic hydroxyl groups excluding tert-OH is 1. The van der Waals surface area contributed by atoms with Crippen LogP contribution in [-0.2, 0) is 11.2 Å². The van der Waals surface area contributed by atoms with Gasteiger partial charge in [-0.1, -0.05) is 18.9 Å². The highest BCUT2D eigenvalue weighted by atomic mass is 32.1. The van der Waals surface area contributed by atoms with E-state index in [1.165, 1.54) is 4.88 Å². The Labute approximate surface area is 146 Å². The van der Waals surface area contributed by atoms with Crippen molar-refractivity contribution in [1.82, 2.24) is 14.5 Å². The molecule has 0 aliphatic heterocycles. The van der Waals surface area contributed by atoms with Gasteiger partial charge in [0.25, 0.3) is 0 Å². The summed E-state index contributed by atoms with van der Waals surface area (Å²) in [4.78, 5) is 19.7. The van der Waals surface area contributed by atoms with E-state index in [9.17, 15) is 9.90 Å². The molecule has 0 aromatic carbocycles. The largest absolute Gasteiger partial charge is 0.389 e. The van der Waals surface area contributed by atoms with Crippen LogP contribution in [0.4, 0.5) is 0 Å². The fraction of sp³-hybridized carbons (Fsp3) is 0.556. The van der Waals surface area contributed by atoms with Gasteiger partial charge in [0.1, 0.15) is 0 Å². The van der Waals surface area contributed by atoms with Crippen molar-refractivity contribution < 1.29 is 9.90 Å². The van der Waals surface area contributed by atoms with Crippen LogP contribution < -0.4 is 0 Å². The number of hydrogen-bond donors (Lipinski definition) is 1. The lowest BCUT2D eigenvalue weighted by Crippen LogP contribution is -2.47. The molecule has 3 atom stereocenters. The summed E-state index contributed by atoms with van der Waals surface area (Å²) in [6.45, 7) is 0. The van der Waals surface area contributed by atoms with Crippen molar-refractivity contribution in [3.05, 3.63) is 41.1 Å². The molecule has 0 saturated heterocycles. The zero-order valence-electron chi connectivity index (χ0n) is 14.0. The maximum Gasteiger partial charge on any atom is 0.223 e. The first kappa shape index (κ1) is 17.2. The number of nitrogens with zero attached hydrogens (tertiary/aromatic N) is 3. The number of likely N-dealkylation sites (N-methyl/N-ethyl adjacent to an activating group) is 1. The average molecular weight is 347 g/mol. The van der Waals surface area contributed by atoms with Crippen LogP contribution in [-0.4, -0.2) is 44.7 Å². The molecule has 0 unspecified atom stereocenters. The van der Waals surface area contributed by atoms with Crippen LogP contribution in [0.5, 0.6) is 0 Å². The molecule has 0 radical (unpaired) electrons. The Hall–Kier alpha value is -1.66. The van der Waals surface area contributed by atoms with E-state index in [0.717, 1.165) is 32.1 Å². The summed E-state index contributed by atoms with van der Waals surface area (Å²) in [5, 5.41) is 12.9. The van der Waals surface area contributed by atoms with Gasteiger partial charge in [-0.3, -0.25) is 4.79 Å². The SMILES string of the molecule is CN(C(=O)CCc1cccs1)[C@@H]1CCCC[C@@H](n2ccnc2)[C@@H]1O. The lowest BCUT2D eigenvalue weighted by atomic mass is 10.00.